The lowest BCUT2D eigenvalue weighted by molar-refractivity contribution is -0.141. The molecule has 40 heavy (non-hydrogen) atoms. The van der Waals surface area contributed by atoms with Gasteiger partial charge < -0.3 is 19.4 Å². The summed E-state index contributed by atoms with van der Waals surface area (Å²) in [6.07, 6.45) is 4.35. The van der Waals surface area contributed by atoms with Gasteiger partial charge in [-0.25, -0.2) is 13.2 Å². The molecule has 4 rings (SSSR count). The van der Waals surface area contributed by atoms with Crippen molar-refractivity contribution in [3.63, 3.8) is 0 Å². The number of anilines is 1. The molecule has 0 radical (unpaired) electrons. The molecule has 0 saturated heterocycles. The van der Waals surface area contributed by atoms with Gasteiger partial charge in [0.05, 0.1) is 29.5 Å². The third-order valence-corrected chi connectivity index (χ3v) is 9.83. The van der Waals surface area contributed by atoms with Crippen molar-refractivity contribution in [2.75, 3.05) is 30.5 Å². The number of esters is 2. The van der Waals surface area contributed by atoms with Gasteiger partial charge in [0, 0.05) is 4.88 Å². The summed E-state index contributed by atoms with van der Waals surface area (Å²) in [7, 11) is -2.97. The predicted molar refractivity (Wildman–Crippen MR) is 151 cm³/mol. The fourth-order valence-electron chi connectivity index (χ4n) is 4.44. The number of carbonyl (C=O) groups excluding carboxylic acids is 4. The first-order valence-corrected chi connectivity index (χ1v) is 16.1. The van der Waals surface area contributed by atoms with E-state index >= 15 is 0 Å². The predicted octanol–water partition coefficient (Wildman–Crippen LogP) is 2.86. The third-order valence-electron chi connectivity index (χ3n) is 6.17. The lowest BCUT2D eigenvalue weighted by Gasteiger charge is -2.08. The largest absolute Gasteiger partial charge is 0.468 e. The highest BCUT2D eigenvalue weighted by molar-refractivity contribution is 7.92. The Kier molecular flexibility index (Phi) is 9.53. The molecule has 1 aromatic carbocycles. The number of methoxy groups -OCH3 is 1. The number of hydrogen-bond donors (Lipinski definition) is 1. The summed E-state index contributed by atoms with van der Waals surface area (Å²) < 4.78 is 37.7. The first-order valence-electron chi connectivity index (χ1n) is 12.7. The van der Waals surface area contributed by atoms with Gasteiger partial charge in [-0.05, 0) is 50.3 Å². The van der Waals surface area contributed by atoms with Crippen LogP contribution in [-0.2, 0) is 53.1 Å². The Morgan fingerprint density at radius 3 is 2.55 bits per heavy atom. The van der Waals surface area contributed by atoms with Gasteiger partial charge in [-0.3, -0.25) is 14.4 Å². The minimum absolute atomic E-state index is 0.135. The van der Waals surface area contributed by atoms with Crippen LogP contribution in [0.15, 0.2) is 29.3 Å². The molecule has 11 nitrogen and oxygen atoms in total. The maximum Gasteiger partial charge on any atom is 0.341 e. The van der Waals surface area contributed by atoms with E-state index in [1.807, 2.05) is 0 Å². The summed E-state index contributed by atoms with van der Waals surface area (Å²) in [4.78, 5) is 55.1. The maximum atomic E-state index is 12.8. The van der Waals surface area contributed by atoms with Gasteiger partial charge in [-0.2, -0.15) is 4.99 Å². The number of amides is 2. The van der Waals surface area contributed by atoms with E-state index in [0.29, 0.717) is 11.9 Å². The summed E-state index contributed by atoms with van der Waals surface area (Å²) in [6, 6.07) is 7.08. The topological polar surface area (TPSA) is 150 Å². The number of hydrogen-bond acceptors (Lipinski definition) is 10. The number of carbonyl (C=O) groups is 4. The monoisotopic (exact) mass is 607 g/mol. The Bertz CT molecular complexity index is 1630. The summed E-state index contributed by atoms with van der Waals surface area (Å²) in [6.45, 7) is 1.64. The molecule has 2 heterocycles. The van der Waals surface area contributed by atoms with Crippen LogP contribution in [0.1, 0.15) is 47.0 Å². The van der Waals surface area contributed by atoms with Gasteiger partial charge in [0.15, 0.2) is 14.6 Å². The van der Waals surface area contributed by atoms with E-state index in [-0.39, 0.29) is 28.5 Å². The Morgan fingerprint density at radius 1 is 1.05 bits per heavy atom. The number of thiophene rings is 1. The smallest absolute Gasteiger partial charge is 0.341 e. The molecule has 0 spiro atoms. The summed E-state index contributed by atoms with van der Waals surface area (Å²) in [5, 5.41) is 2.83. The van der Waals surface area contributed by atoms with Crippen LogP contribution in [-0.4, -0.2) is 62.0 Å². The number of sulfone groups is 1. The minimum Gasteiger partial charge on any atom is -0.468 e. The van der Waals surface area contributed by atoms with Gasteiger partial charge in [-0.15, -0.1) is 11.3 Å². The van der Waals surface area contributed by atoms with E-state index in [1.54, 1.807) is 31.2 Å². The molecule has 0 unspecified atom stereocenters. The number of para-hydroxylation sites is 1. The van der Waals surface area contributed by atoms with Crippen molar-refractivity contribution in [2.45, 2.75) is 45.6 Å². The highest BCUT2D eigenvalue weighted by atomic mass is 32.2. The summed E-state index contributed by atoms with van der Waals surface area (Å²) in [5.41, 5.74) is 1.76. The SMILES string of the molecule is CCOC(=O)c1c(NC(=O)CS(=O)(=O)CC(=O)N=c2sc3ccccc3n2CC(=O)OC)sc2c1CCCCC2. The van der Waals surface area contributed by atoms with E-state index in [0.717, 1.165) is 52.2 Å². The lowest BCUT2D eigenvalue weighted by Crippen LogP contribution is -2.29. The molecule has 2 amide bonds. The molecule has 3 aromatic rings. The second-order valence-corrected chi connectivity index (χ2v) is 13.3. The highest BCUT2D eigenvalue weighted by Crippen LogP contribution is 2.38. The van der Waals surface area contributed by atoms with Crippen LogP contribution in [0.5, 0.6) is 0 Å². The number of aryl methyl sites for hydroxylation is 1. The number of nitrogens with zero attached hydrogens (tertiary/aromatic N) is 2. The van der Waals surface area contributed by atoms with Crippen LogP contribution in [0.3, 0.4) is 0 Å². The second kappa shape index (κ2) is 12.9. The van der Waals surface area contributed by atoms with Gasteiger partial charge in [-0.1, -0.05) is 29.9 Å². The number of aromatic nitrogens is 1. The molecular weight excluding hydrogens is 579 g/mol. The maximum absolute atomic E-state index is 12.8. The fraction of sp³-hybridized carbons (Fsp3) is 0.423. The number of benzene rings is 1. The van der Waals surface area contributed by atoms with E-state index in [1.165, 1.54) is 23.0 Å². The first kappa shape index (κ1) is 29.6. The molecule has 0 aliphatic heterocycles. The van der Waals surface area contributed by atoms with Gasteiger partial charge in [0.1, 0.15) is 23.1 Å². The van der Waals surface area contributed by atoms with Crippen molar-refractivity contribution in [3.8, 4) is 0 Å². The van der Waals surface area contributed by atoms with Gasteiger partial charge >= 0.3 is 11.9 Å². The lowest BCUT2D eigenvalue weighted by atomic mass is 10.1. The van der Waals surface area contributed by atoms with Crippen LogP contribution in [0.4, 0.5) is 5.00 Å². The number of nitrogens with one attached hydrogen (secondary N) is 1. The summed E-state index contributed by atoms with van der Waals surface area (Å²) in [5.74, 6) is -4.93. The van der Waals surface area contributed by atoms with E-state index in [4.69, 9.17) is 9.47 Å². The Labute approximate surface area is 238 Å². The highest BCUT2D eigenvalue weighted by Gasteiger charge is 2.28. The molecule has 0 atom stereocenters. The molecule has 214 valence electrons. The Morgan fingerprint density at radius 2 is 1.80 bits per heavy atom. The van der Waals surface area contributed by atoms with Crippen LogP contribution in [0, 0.1) is 0 Å². The molecule has 2 aromatic heterocycles. The number of thiazole rings is 1. The van der Waals surface area contributed by atoms with Crippen LogP contribution in [0.25, 0.3) is 10.2 Å². The summed E-state index contributed by atoms with van der Waals surface area (Å²) >= 11 is 2.38. The van der Waals surface area contributed by atoms with Crippen molar-refractivity contribution in [1.29, 1.82) is 0 Å². The molecule has 1 aliphatic rings. The first-order chi connectivity index (χ1) is 19.1. The van der Waals surface area contributed by atoms with E-state index < -0.39 is 45.1 Å². The zero-order valence-electron chi connectivity index (χ0n) is 22.1. The van der Waals surface area contributed by atoms with Crippen molar-refractivity contribution >= 4 is 71.5 Å². The normalized spacial score (nSPS) is 13.9. The van der Waals surface area contributed by atoms with Crippen molar-refractivity contribution in [1.82, 2.24) is 4.57 Å². The molecule has 0 bridgehead atoms. The average molecular weight is 608 g/mol. The second-order valence-electron chi connectivity index (χ2n) is 9.09. The standard InChI is InChI=1S/C26H29N3O8S3/c1-3-37-25(33)23-16-9-5-4-6-11-18(16)38-24(23)27-20(30)14-40(34,35)15-21(31)28-26-29(13-22(32)36-2)17-10-7-8-12-19(17)39-26/h7-8,10,12H,3-6,9,11,13-15H2,1-2H3,(H,27,30). The van der Waals surface area contributed by atoms with Gasteiger partial charge in [0.2, 0.25) is 5.91 Å². The van der Waals surface area contributed by atoms with Crippen LogP contribution < -0.4 is 10.1 Å². The third kappa shape index (κ3) is 7.04. The zero-order chi connectivity index (χ0) is 28.9. The van der Waals surface area contributed by atoms with Crippen molar-refractivity contribution in [3.05, 3.63) is 45.1 Å². The molecule has 14 heteroatoms. The van der Waals surface area contributed by atoms with Crippen molar-refractivity contribution in [2.24, 2.45) is 4.99 Å². The zero-order valence-corrected chi connectivity index (χ0v) is 24.5. The number of ether oxygens (including phenoxy) is 2. The van der Waals surface area contributed by atoms with Crippen molar-refractivity contribution < 1.29 is 37.1 Å². The Balaban J connectivity index is 1.51. The fourth-order valence-corrected chi connectivity index (χ4v) is 7.80. The van der Waals surface area contributed by atoms with E-state index in [9.17, 15) is 27.6 Å². The molecule has 0 saturated carbocycles. The quantitative estimate of drug-likeness (QED) is 0.288. The molecule has 1 aliphatic carbocycles. The molecule has 1 N–H and O–H groups in total. The van der Waals surface area contributed by atoms with Crippen LogP contribution >= 0.6 is 22.7 Å². The number of rotatable bonds is 9. The Hall–Kier alpha value is -3.36. The average Bonchev–Trinajstić information content (AvgIpc) is 3.30. The van der Waals surface area contributed by atoms with E-state index in [2.05, 4.69) is 10.3 Å². The van der Waals surface area contributed by atoms with Gasteiger partial charge in [0.25, 0.3) is 5.91 Å². The molecular formula is C26H29N3O8S3. The van der Waals surface area contributed by atoms with Crippen LogP contribution in [0.2, 0.25) is 0 Å². The minimum atomic E-state index is -4.21. The number of fused-ring (bicyclic) bond motifs is 2. The molecule has 0 fully saturated rings.